The van der Waals surface area contributed by atoms with Gasteiger partial charge in [-0.15, -0.1) is 11.6 Å². The van der Waals surface area contributed by atoms with Gasteiger partial charge in [0.2, 0.25) is 0 Å². The zero-order chi connectivity index (χ0) is 12.8. The zero-order valence-corrected chi connectivity index (χ0v) is 10.5. The third kappa shape index (κ3) is 3.03. The molecule has 0 aliphatic carbocycles. The van der Waals surface area contributed by atoms with Crippen LogP contribution in [0, 0.1) is 11.3 Å². The predicted molar refractivity (Wildman–Crippen MR) is 71.5 cm³/mol. The molecular weight excluding hydrogens is 246 g/mol. The summed E-state index contributed by atoms with van der Waals surface area (Å²) in [5, 5.41) is 8.97. The third-order valence-corrected chi connectivity index (χ3v) is 2.89. The molecule has 0 amide bonds. The van der Waals surface area contributed by atoms with Crippen LogP contribution in [-0.4, -0.2) is 0 Å². The van der Waals surface area contributed by atoms with Crippen molar-refractivity contribution in [1.82, 2.24) is 0 Å². The van der Waals surface area contributed by atoms with Gasteiger partial charge in [0, 0.05) is 11.4 Å². The molecule has 0 saturated heterocycles. The van der Waals surface area contributed by atoms with E-state index in [2.05, 4.69) is 6.07 Å². The Hall–Kier alpha value is -1.98. The van der Waals surface area contributed by atoms with Crippen LogP contribution in [0.5, 0.6) is 5.75 Å². The summed E-state index contributed by atoms with van der Waals surface area (Å²) in [6.45, 7) is 0.384. The molecule has 90 valence electrons. The Labute approximate surface area is 111 Å². The number of ether oxygens (including phenoxy) is 1. The SMILES string of the molecule is N#Cc1ccccc1COc1cccc(CCl)c1. The van der Waals surface area contributed by atoms with Crippen LogP contribution in [0.15, 0.2) is 48.5 Å². The lowest BCUT2D eigenvalue weighted by molar-refractivity contribution is 0.305. The molecule has 2 aromatic rings. The fraction of sp³-hybridized carbons (Fsp3) is 0.133. The van der Waals surface area contributed by atoms with Crippen LogP contribution in [0.4, 0.5) is 0 Å². The van der Waals surface area contributed by atoms with Crippen molar-refractivity contribution < 1.29 is 4.74 Å². The highest BCUT2D eigenvalue weighted by molar-refractivity contribution is 6.17. The highest BCUT2D eigenvalue weighted by atomic mass is 35.5. The average Bonchev–Trinajstić information content (AvgIpc) is 2.45. The van der Waals surface area contributed by atoms with Crippen molar-refractivity contribution in [2.75, 3.05) is 0 Å². The molecule has 0 fully saturated rings. The largest absolute Gasteiger partial charge is 0.489 e. The van der Waals surface area contributed by atoms with Crippen LogP contribution in [0.25, 0.3) is 0 Å². The Morgan fingerprint density at radius 2 is 1.94 bits per heavy atom. The maximum absolute atomic E-state index is 8.97. The molecule has 0 spiro atoms. The smallest absolute Gasteiger partial charge is 0.120 e. The van der Waals surface area contributed by atoms with E-state index in [-0.39, 0.29) is 0 Å². The Morgan fingerprint density at radius 1 is 1.11 bits per heavy atom. The van der Waals surface area contributed by atoms with Crippen molar-refractivity contribution in [1.29, 1.82) is 5.26 Å². The summed E-state index contributed by atoms with van der Waals surface area (Å²) in [5.41, 5.74) is 2.55. The van der Waals surface area contributed by atoms with Gasteiger partial charge < -0.3 is 4.74 Å². The van der Waals surface area contributed by atoms with E-state index in [0.29, 0.717) is 18.1 Å². The van der Waals surface area contributed by atoms with Gasteiger partial charge >= 0.3 is 0 Å². The molecule has 3 heteroatoms. The van der Waals surface area contributed by atoms with E-state index in [9.17, 15) is 0 Å². The minimum Gasteiger partial charge on any atom is -0.489 e. The van der Waals surface area contributed by atoms with Gasteiger partial charge in [-0.1, -0.05) is 30.3 Å². The first-order chi connectivity index (χ1) is 8.83. The molecule has 2 rings (SSSR count). The van der Waals surface area contributed by atoms with E-state index in [1.165, 1.54) is 0 Å². The molecule has 0 radical (unpaired) electrons. The summed E-state index contributed by atoms with van der Waals surface area (Å²) in [6, 6.07) is 17.2. The molecule has 0 aliphatic heterocycles. The third-order valence-electron chi connectivity index (χ3n) is 2.58. The van der Waals surface area contributed by atoms with Crippen LogP contribution in [0.1, 0.15) is 16.7 Å². The van der Waals surface area contributed by atoms with Crippen LogP contribution in [0.3, 0.4) is 0 Å². The van der Waals surface area contributed by atoms with Crippen LogP contribution >= 0.6 is 11.6 Å². The molecule has 0 saturated carbocycles. The second-order valence-electron chi connectivity index (χ2n) is 3.84. The number of hydrogen-bond donors (Lipinski definition) is 0. The Kier molecular flexibility index (Phi) is 4.22. The first kappa shape index (κ1) is 12.5. The first-order valence-corrected chi connectivity index (χ1v) is 6.12. The summed E-state index contributed by atoms with van der Waals surface area (Å²) in [7, 11) is 0. The molecule has 0 aromatic heterocycles. The number of rotatable bonds is 4. The van der Waals surface area contributed by atoms with E-state index < -0.39 is 0 Å². The van der Waals surface area contributed by atoms with E-state index in [1.807, 2.05) is 42.5 Å². The lowest BCUT2D eigenvalue weighted by atomic mass is 10.1. The van der Waals surface area contributed by atoms with Crippen LogP contribution < -0.4 is 4.74 Å². The second kappa shape index (κ2) is 6.09. The fourth-order valence-electron chi connectivity index (χ4n) is 1.63. The van der Waals surface area contributed by atoms with E-state index in [4.69, 9.17) is 21.6 Å². The molecule has 0 heterocycles. The monoisotopic (exact) mass is 257 g/mol. The molecule has 0 bridgehead atoms. The minimum absolute atomic E-state index is 0.384. The summed E-state index contributed by atoms with van der Waals surface area (Å²) in [4.78, 5) is 0. The number of halogens is 1. The fourth-order valence-corrected chi connectivity index (χ4v) is 1.80. The summed E-state index contributed by atoms with van der Waals surface area (Å²) in [6.07, 6.45) is 0. The Bertz CT molecular complexity index is 575. The van der Waals surface area contributed by atoms with Gasteiger partial charge in [0.15, 0.2) is 0 Å². The van der Waals surface area contributed by atoms with Gasteiger partial charge in [-0.3, -0.25) is 0 Å². The van der Waals surface area contributed by atoms with Crippen LogP contribution in [0.2, 0.25) is 0 Å². The van der Waals surface area contributed by atoms with E-state index in [1.54, 1.807) is 6.07 Å². The molecule has 0 atom stereocenters. The predicted octanol–water partition coefficient (Wildman–Crippen LogP) is 3.88. The number of nitrogens with zero attached hydrogens (tertiary/aromatic N) is 1. The first-order valence-electron chi connectivity index (χ1n) is 5.59. The molecule has 0 N–H and O–H groups in total. The standard InChI is InChI=1S/C15H12ClNO/c16-9-12-4-3-7-15(8-12)18-11-14-6-2-1-5-13(14)10-17/h1-8H,9,11H2. The van der Waals surface area contributed by atoms with Crippen molar-refractivity contribution in [2.45, 2.75) is 12.5 Å². The van der Waals surface area contributed by atoms with Crippen molar-refractivity contribution >= 4 is 11.6 Å². The minimum atomic E-state index is 0.384. The van der Waals surface area contributed by atoms with Crippen molar-refractivity contribution in [3.8, 4) is 11.8 Å². The van der Waals surface area contributed by atoms with Gasteiger partial charge in [0.1, 0.15) is 12.4 Å². The lowest BCUT2D eigenvalue weighted by Crippen LogP contribution is -1.98. The average molecular weight is 258 g/mol. The van der Waals surface area contributed by atoms with Gasteiger partial charge in [-0.25, -0.2) is 0 Å². The van der Waals surface area contributed by atoms with Crippen molar-refractivity contribution in [3.63, 3.8) is 0 Å². The quantitative estimate of drug-likeness (QED) is 0.779. The van der Waals surface area contributed by atoms with Crippen molar-refractivity contribution in [3.05, 3.63) is 65.2 Å². The molecule has 2 aromatic carbocycles. The number of benzene rings is 2. The highest BCUT2D eigenvalue weighted by Crippen LogP contribution is 2.17. The summed E-state index contributed by atoms with van der Waals surface area (Å²) >= 11 is 5.77. The van der Waals surface area contributed by atoms with E-state index >= 15 is 0 Å². The van der Waals surface area contributed by atoms with Crippen molar-refractivity contribution in [2.24, 2.45) is 0 Å². The number of nitriles is 1. The molecule has 0 aliphatic rings. The molecule has 18 heavy (non-hydrogen) atoms. The van der Waals surface area contributed by atoms with Gasteiger partial charge in [-0.05, 0) is 23.8 Å². The second-order valence-corrected chi connectivity index (χ2v) is 4.11. The Morgan fingerprint density at radius 3 is 2.72 bits per heavy atom. The molecule has 0 unspecified atom stereocenters. The zero-order valence-electron chi connectivity index (χ0n) is 9.77. The molecule has 2 nitrogen and oxygen atoms in total. The number of alkyl halides is 1. The summed E-state index contributed by atoms with van der Waals surface area (Å²) in [5.74, 6) is 1.23. The van der Waals surface area contributed by atoms with Gasteiger partial charge in [-0.2, -0.15) is 5.26 Å². The lowest BCUT2D eigenvalue weighted by Gasteiger charge is -2.08. The van der Waals surface area contributed by atoms with Gasteiger partial charge in [0.05, 0.1) is 11.6 Å². The summed E-state index contributed by atoms with van der Waals surface area (Å²) < 4.78 is 5.67. The maximum Gasteiger partial charge on any atom is 0.120 e. The highest BCUT2D eigenvalue weighted by Gasteiger charge is 2.02. The normalized spacial score (nSPS) is 9.78. The number of hydrogen-bond acceptors (Lipinski definition) is 2. The molecular formula is C15H12ClNO. The Balaban J connectivity index is 2.09. The van der Waals surface area contributed by atoms with E-state index in [0.717, 1.165) is 16.9 Å². The maximum atomic E-state index is 8.97. The topological polar surface area (TPSA) is 33.0 Å². The van der Waals surface area contributed by atoms with Gasteiger partial charge in [0.25, 0.3) is 0 Å². The van der Waals surface area contributed by atoms with Crippen LogP contribution in [-0.2, 0) is 12.5 Å².